The van der Waals surface area contributed by atoms with E-state index in [4.69, 9.17) is 14.1 Å². The minimum atomic E-state index is -2.33. The maximum atomic E-state index is 12.5. The van der Waals surface area contributed by atoms with Gasteiger partial charge >= 0.3 is 0 Å². The first-order valence-corrected chi connectivity index (χ1v) is 21.3. The van der Waals surface area contributed by atoms with Crippen molar-refractivity contribution < 1.29 is 9.22 Å². The Bertz CT molecular complexity index is 3210. The lowest BCUT2D eigenvalue weighted by Crippen LogP contribution is -2.17. The van der Waals surface area contributed by atoms with Gasteiger partial charge in [-0.05, 0) is 118 Å². The molecule has 4 heteroatoms. The van der Waals surface area contributed by atoms with Gasteiger partial charge in [-0.2, -0.15) is 0 Å². The Labute approximate surface area is 370 Å². The summed E-state index contributed by atoms with van der Waals surface area (Å²) in [5.41, 5.74) is 15.1. The quantitative estimate of drug-likeness (QED) is 0.174. The Balaban J connectivity index is 1.36. The molecule has 0 saturated heterocycles. The lowest BCUT2D eigenvalue weighted by atomic mass is 9.79. The number of imidazole rings is 1. The molecule has 0 unspecified atom stereocenters. The summed E-state index contributed by atoms with van der Waals surface area (Å²) in [5.74, 6) is 0.712. The van der Waals surface area contributed by atoms with Crippen LogP contribution in [0.5, 0.6) is 5.75 Å². The fraction of sp³-hybridized carbons (Fsp3) is 0.172. The number of aromatic nitrogens is 3. The molecule has 2 heterocycles. The van der Waals surface area contributed by atoms with Crippen molar-refractivity contribution >= 4 is 11.0 Å². The molecular weight excluding hydrogens is 755 g/mol. The van der Waals surface area contributed by atoms with E-state index in [1.807, 2.05) is 48.7 Å². The van der Waals surface area contributed by atoms with Crippen molar-refractivity contribution in [3.05, 3.63) is 192 Å². The average molecular weight is 811 g/mol. The summed E-state index contributed by atoms with van der Waals surface area (Å²) in [6.45, 7) is 12.7. The van der Waals surface area contributed by atoms with Gasteiger partial charge in [0.15, 0.2) is 0 Å². The number of para-hydroxylation sites is 1. The lowest BCUT2D eigenvalue weighted by Gasteiger charge is -2.27. The molecule has 0 fully saturated rings. The average Bonchev–Trinajstić information content (AvgIpc) is 3.68. The third kappa shape index (κ3) is 7.74. The fourth-order valence-corrected chi connectivity index (χ4v) is 8.39. The zero-order valence-corrected chi connectivity index (χ0v) is 36.5. The van der Waals surface area contributed by atoms with Gasteiger partial charge in [-0.3, -0.25) is 9.55 Å². The van der Waals surface area contributed by atoms with E-state index in [0.29, 0.717) is 11.4 Å². The Kier molecular flexibility index (Phi) is 9.36. The van der Waals surface area contributed by atoms with Gasteiger partial charge in [-0.15, -0.1) is 0 Å². The van der Waals surface area contributed by atoms with E-state index in [-0.39, 0.29) is 16.7 Å². The highest BCUT2D eigenvalue weighted by Gasteiger charge is 2.29. The molecule has 0 atom stereocenters. The second kappa shape index (κ2) is 15.8. The highest BCUT2D eigenvalue weighted by molar-refractivity contribution is 5.98. The number of fused-ring (bicyclic) bond motifs is 1. The van der Waals surface area contributed by atoms with Crippen molar-refractivity contribution in [2.45, 2.75) is 66.1 Å². The SMILES string of the molecule is [2H]C([2H])([2H])c1ccc(-n2c(-c3cc(C(C)(C)C)cc(C(C)(C)C)c3O)nc3c(-c4cc(-c5ccccc5)cc(-c5cc(-c6ccc(C)cc6)ccn5)c4)cccc32)c(-c2ccccc2)c1. The molecule has 9 rings (SSSR count). The Hall–Kier alpha value is -7.04. The normalized spacial score (nSPS) is 12.9. The van der Waals surface area contributed by atoms with Crippen LogP contribution in [0.15, 0.2) is 170 Å². The lowest BCUT2D eigenvalue weighted by molar-refractivity contribution is 0.446. The summed E-state index contributed by atoms with van der Waals surface area (Å²) < 4.78 is 27.3. The van der Waals surface area contributed by atoms with Crippen LogP contribution in [0.25, 0.3) is 83.9 Å². The highest BCUT2D eigenvalue weighted by atomic mass is 16.3. The van der Waals surface area contributed by atoms with Crippen molar-refractivity contribution in [1.82, 2.24) is 14.5 Å². The van der Waals surface area contributed by atoms with E-state index in [9.17, 15) is 5.11 Å². The summed E-state index contributed by atoms with van der Waals surface area (Å²) >= 11 is 0. The predicted molar refractivity (Wildman–Crippen MR) is 260 cm³/mol. The van der Waals surface area contributed by atoms with Crippen LogP contribution in [0.1, 0.15) is 67.9 Å². The maximum absolute atomic E-state index is 12.5. The van der Waals surface area contributed by atoms with Gasteiger partial charge < -0.3 is 5.11 Å². The molecule has 7 aromatic carbocycles. The van der Waals surface area contributed by atoms with Crippen LogP contribution in [0.4, 0.5) is 0 Å². The van der Waals surface area contributed by atoms with Crippen LogP contribution in [0.3, 0.4) is 0 Å². The number of hydrogen-bond donors (Lipinski definition) is 1. The summed E-state index contributed by atoms with van der Waals surface area (Å²) in [6.07, 6.45) is 1.87. The third-order valence-corrected chi connectivity index (χ3v) is 11.8. The third-order valence-electron chi connectivity index (χ3n) is 11.8. The predicted octanol–water partition coefficient (Wildman–Crippen LogP) is 15.3. The van der Waals surface area contributed by atoms with Crippen molar-refractivity contribution in [2.24, 2.45) is 0 Å². The van der Waals surface area contributed by atoms with Crippen LogP contribution in [0, 0.1) is 13.8 Å². The number of aryl methyl sites for hydroxylation is 2. The molecule has 9 aromatic rings. The first-order chi connectivity index (χ1) is 30.9. The molecule has 1 N–H and O–H groups in total. The number of nitrogens with zero attached hydrogens (tertiary/aromatic N) is 3. The molecule has 306 valence electrons. The second-order valence-corrected chi connectivity index (χ2v) is 18.4. The van der Waals surface area contributed by atoms with Gasteiger partial charge in [0.1, 0.15) is 11.6 Å². The van der Waals surface area contributed by atoms with Crippen LogP contribution >= 0.6 is 0 Å². The van der Waals surface area contributed by atoms with Crippen LogP contribution in [-0.2, 0) is 10.8 Å². The second-order valence-electron chi connectivity index (χ2n) is 18.4. The number of aromatic hydroxyl groups is 1. The van der Waals surface area contributed by atoms with Gasteiger partial charge in [0.05, 0.1) is 28.0 Å². The van der Waals surface area contributed by atoms with Gasteiger partial charge in [-0.25, -0.2) is 4.98 Å². The van der Waals surface area contributed by atoms with E-state index in [2.05, 4.69) is 162 Å². The number of phenols is 1. The van der Waals surface area contributed by atoms with E-state index in [1.165, 1.54) is 5.56 Å². The summed E-state index contributed by atoms with van der Waals surface area (Å²) in [6, 6.07) is 55.4. The highest BCUT2D eigenvalue weighted by Crippen LogP contribution is 2.46. The first-order valence-electron chi connectivity index (χ1n) is 22.8. The molecule has 0 saturated carbocycles. The minimum Gasteiger partial charge on any atom is -0.507 e. The van der Waals surface area contributed by atoms with E-state index in [0.717, 1.165) is 83.6 Å². The Morgan fingerprint density at radius 3 is 1.87 bits per heavy atom. The number of phenolic OH excluding ortho intramolecular Hbond substituents is 1. The van der Waals surface area contributed by atoms with Crippen molar-refractivity contribution in [3.63, 3.8) is 0 Å². The Morgan fingerprint density at radius 2 is 1.18 bits per heavy atom. The standard InChI is InChI=1S/C58H53N3O/c1-37-22-25-40(26-23-37)42-28-29-59-51(34-42)45-32-43(39-16-11-9-12-17-39)31-44(33-45)47-20-15-21-53-54(47)60-56(49-35-46(57(3,4)5)36-50(55(49)62)58(6,7)8)61(53)52-27-24-38(2)30-48(52)41-18-13-10-14-19-41/h9-36,62H,1-8H3/i2D3. The molecule has 0 spiro atoms. The summed E-state index contributed by atoms with van der Waals surface area (Å²) in [4.78, 5) is 10.5. The first kappa shape index (κ1) is 36.8. The van der Waals surface area contributed by atoms with E-state index >= 15 is 0 Å². The topological polar surface area (TPSA) is 50.9 Å². The molecule has 4 nitrogen and oxygen atoms in total. The number of benzene rings is 7. The van der Waals surface area contributed by atoms with Crippen molar-refractivity contribution in [3.8, 4) is 78.6 Å². The van der Waals surface area contributed by atoms with Crippen LogP contribution < -0.4 is 0 Å². The zero-order chi connectivity index (χ0) is 45.8. The molecule has 62 heavy (non-hydrogen) atoms. The summed E-state index contributed by atoms with van der Waals surface area (Å²) in [5, 5.41) is 12.5. The van der Waals surface area contributed by atoms with Gasteiger partial charge in [0.25, 0.3) is 0 Å². The molecule has 0 radical (unpaired) electrons. The van der Waals surface area contributed by atoms with E-state index in [1.54, 1.807) is 12.1 Å². The van der Waals surface area contributed by atoms with Crippen molar-refractivity contribution in [2.75, 3.05) is 0 Å². The fourth-order valence-electron chi connectivity index (χ4n) is 8.39. The monoisotopic (exact) mass is 810 g/mol. The number of hydrogen-bond acceptors (Lipinski definition) is 3. The maximum Gasteiger partial charge on any atom is 0.149 e. The number of pyridine rings is 1. The largest absolute Gasteiger partial charge is 0.507 e. The number of rotatable bonds is 7. The molecule has 2 aromatic heterocycles. The molecule has 0 aliphatic carbocycles. The van der Waals surface area contributed by atoms with Gasteiger partial charge in [0, 0.05) is 32.6 Å². The molecular formula is C58H53N3O. The van der Waals surface area contributed by atoms with Gasteiger partial charge in [0.2, 0.25) is 0 Å². The molecule has 0 aliphatic rings. The molecule has 0 bridgehead atoms. The zero-order valence-electron chi connectivity index (χ0n) is 39.5. The Morgan fingerprint density at radius 1 is 0.516 bits per heavy atom. The molecule has 0 aliphatic heterocycles. The smallest absolute Gasteiger partial charge is 0.149 e. The van der Waals surface area contributed by atoms with Crippen LogP contribution in [-0.4, -0.2) is 19.6 Å². The summed E-state index contributed by atoms with van der Waals surface area (Å²) in [7, 11) is 0. The van der Waals surface area contributed by atoms with Crippen LogP contribution in [0.2, 0.25) is 0 Å². The molecule has 0 amide bonds. The minimum absolute atomic E-state index is 0.164. The van der Waals surface area contributed by atoms with E-state index < -0.39 is 12.3 Å². The van der Waals surface area contributed by atoms with Crippen molar-refractivity contribution in [1.29, 1.82) is 0 Å². The van der Waals surface area contributed by atoms with Gasteiger partial charge in [-0.1, -0.05) is 162 Å².